The van der Waals surface area contributed by atoms with Crippen LogP contribution in [0, 0.1) is 0 Å². The van der Waals surface area contributed by atoms with Crippen molar-refractivity contribution in [1.82, 2.24) is 4.67 Å². The van der Waals surface area contributed by atoms with Crippen molar-refractivity contribution in [1.29, 1.82) is 0 Å². The molecule has 0 spiro atoms. The van der Waals surface area contributed by atoms with Gasteiger partial charge in [-0.15, -0.1) is 0 Å². The molecular formula is C28H46NO8P3. The number of rotatable bonds is 19. The van der Waals surface area contributed by atoms with E-state index in [0.29, 0.717) is 38.4 Å². The van der Waals surface area contributed by atoms with Gasteiger partial charge in [-0.25, -0.2) is 4.67 Å². The second-order valence-electron chi connectivity index (χ2n) is 9.88. The molecule has 0 aliphatic heterocycles. The predicted octanol–water partition coefficient (Wildman–Crippen LogP) is 7.82. The summed E-state index contributed by atoms with van der Waals surface area (Å²) in [6.07, 6.45) is 1.85. The van der Waals surface area contributed by atoms with E-state index in [9.17, 15) is 9.13 Å². The summed E-state index contributed by atoms with van der Waals surface area (Å²) in [6, 6.07) is 16.6. The lowest BCUT2D eigenvalue weighted by molar-refractivity contribution is 0.164. The Hall–Kier alpha value is -0.950. The van der Waals surface area contributed by atoms with Gasteiger partial charge in [0.25, 0.3) is 8.53 Å². The number of aryl methyl sites for hydroxylation is 2. The molecule has 2 aromatic rings. The van der Waals surface area contributed by atoms with Crippen molar-refractivity contribution in [3.8, 4) is 0 Å². The zero-order chi connectivity index (χ0) is 29.8. The number of benzene rings is 2. The Morgan fingerprint density at radius 3 is 1.18 bits per heavy atom. The van der Waals surface area contributed by atoms with Crippen molar-refractivity contribution < 1.29 is 36.3 Å². The van der Waals surface area contributed by atoms with Gasteiger partial charge in [-0.2, -0.15) is 0 Å². The summed E-state index contributed by atoms with van der Waals surface area (Å²) < 4.78 is 59.7. The summed E-state index contributed by atoms with van der Waals surface area (Å²) in [7, 11) is -1.76. The van der Waals surface area contributed by atoms with Gasteiger partial charge >= 0.3 is 15.2 Å². The zero-order valence-corrected chi connectivity index (χ0v) is 27.8. The molecular weight excluding hydrogens is 571 g/mol. The van der Waals surface area contributed by atoms with Crippen LogP contribution >= 0.6 is 23.7 Å². The third kappa shape index (κ3) is 11.4. The van der Waals surface area contributed by atoms with Gasteiger partial charge in [-0.05, 0) is 62.8 Å². The van der Waals surface area contributed by atoms with E-state index in [1.165, 1.54) is 28.4 Å². The Kier molecular flexibility index (Phi) is 15.2. The molecule has 0 aliphatic carbocycles. The maximum atomic E-state index is 12.3. The van der Waals surface area contributed by atoms with Crippen molar-refractivity contribution in [3.63, 3.8) is 0 Å². The van der Waals surface area contributed by atoms with Crippen LogP contribution in [0.4, 0.5) is 0 Å². The molecule has 40 heavy (non-hydrogen) atoms. The fourth-order valence-electron chi connectivity index (χ4n) is 4.05. The fourth-order valence-corrected chi connectivity index (χ4v) is 7.76. The first kappa shape index (κ1) is 35.2. The van der Waals surface area contributed by atoms with Crippen molar-refractivity contribution in [2.75, 3.05) is 40.8 Å². The van der Waals surface area contributed by atoms with Crippen molar-refractivity contribution in [3.05, 3.63) is 70.8 Å². The summed E-state index contributed by atoms with van der Waals surface area (Å²) in [6.45, 7) is 9.39. The van der Waals surface area contributed by atoms with Crippen LogP contribution in [0.25, 0.3) is 0 Å². The normalized spacial score (nSPS) is 12.8. The molecule has 0 amide bonds. The van der Waals surface area contributed by atoms with Gasteiger partial charge in [0.15, 0.2) is 0 Å². The first-order valence-corrected chi connectivity index (χ1v) is 18.0. The molecule has 0 N–H and O–H groups in total. The molecule has 2 rings (SSSR count). The highest BCUT2D eigenvalue weighted by Gasteiger charge is 2.27. The van der Waals surface area contributed by atoms with E-state index >= 15 is 0 Å². The summed E-state index contributed by atoms with van der Waals surface area (Å²) in [4.78, 5) is 0. The predicted molar refractivity (Wildman–Crippen MR) is 162 cm³/mol. The summed E-state index contributed by atoms with van der Waals surface area (Å²) in [5.41, 5.74) is 4.17. The Morgan fingerprint density at radius 2 is 0.900 bits per heavy atom. The first-order valence-electron chi connectivity index (χ1n) is 13.4. The van der Waals surface area contributed by atoms with E-state index < -0.39 is 23.7 Å². The highest BCUT2D eigenvalue weighted by molar-refractivity contribution is 7.54. The molecule has 9 nitrogen and oxygen atoms in total. The molecule has 0 aromatic heterocycles. The Morgan fingerprint density at radius 1 is 0.600 bits per heavy atom. The number of hydrogen-bond donors (Lipinski definition) is 0. The van der Waals surface area contributed by atoms with Crippen LogP contribution in [0.2, 0.25) is 0 Å². The highest BCUT2D eigenvalue weighted by atomic mass is 31.2. The first-order chi connectivity index (χ1) is 19.0. The largest absolute Gasteiger partial charge is 0.330 e. The van der Waals surface area contributed by atoms with Crippen LogP contribution in [-0.4, -0.2) is 57.5 Å². The molecule has 0 radical (unpaired) electrons. The third-order valence-corrected chi connectivity index (χ3v) is 12.2. The average Bonchev–Trinajstić information content (AvgIpc) is 2.96. The van der Waals surface area contributed by atoms with Crippen LogP contribution in [-0.2, 0) is 62.3 Å². The van der Waals surface area contributed by atoms with E-state index in [1.807, 2.05) is 48.5 Å². The molecule has 0 aliphatic rings. The molecule has 0 unspecified atom stereocenters. The third-order valence-electron chi connectivity index (χ3n) is 6.44. The molecule has 2 aromatic carbocycles. The second kappa shape index (κ2) is 17.2. The summed E-state index contributed by atoms with van der Waals surface area (Å²) in [5.74, 6) is 0. The van der Waals surface area contributed by atoms with Crippen molar-refractivity contribution in [2.24, 2.45) is 0 Å². The van der Waals surface area contributed by atoms with Crippen molar-refractivity contribution in [2.45, 2.75) is 65.8 Å². The van der Waals surface area contributed by atoms with E-state index in [4.69, 9.17) is 27.1 Å². The quantitative estimate of drug-likeness (QED) is 0.146. The zero-order valence-electron chi connectivity index (χ0n) is 25.1. The van der Waals surface area contributed by atoms with E-state index in [1.54, 1.807) is 0 Å². The standard InChI is InChI=1S/C28H46NO8P3/c1-23(2)29(24(3)4)38(36-21-27-13-9-25(10-14-27)17-19-39(30,32-5)33-6)37-22-28-15-11-26(12-16-28)18-20-40(31,34-7)35-8/h9-16,23-24H,17-22H2,1-8H3. The van der Waals surface area contributed by atoms with E-state index in [0.717, 1.165) is 22.3 Å². The lowest BCUT2D eigenvalue weighted by Gasteiger charge is -2.35. The lowest BCUT2D eigenvalue weighted by Crippen LogP contribution is -2.33. The van der Waals surface area contributed by atoms with Gasteiger partial charge < -0.3 is 27.1 Å². The smallest absolute Gasteiger partial charge is 0.317 e. The SMILES string of the molecule is COP(=O)(CCc1ccc(COP(OCc2ccc(CCP(=O)(OC)OC)cc2)N(C(C)C)C(C)C)cc1)OC. The topological polar surface area (TPSA) is 92.8 Å². The number of nitrogens with zero attached hydrogens (tertiary/aromatic N) is 1. The second-order valence-corrected chi connectivity index (χ2v) is 16.1. The molecule has 226 valence electrons. The highest BCUT2D eigenvalue weighted by Crippen LogP contribution is 2.48. The van der Waals surface area contributed by atoms with Gasteiger partial charge in [-0.1, -0.05) is 48.5 Å². The number of hydrogen-bond acceptors (Lipinski definition) is 9. The van der Waals surface area contributed by atoms with Crippen LogP contribution in [0.1, 0.15) is 49.9 Å². The molecule has 0 saturated heterocycles. The minimum absolute atomic E-state index is 0.241. The molecule has 0 saturated carbocycles. The van der Waals surface area contributed by atoms with Crippen LogP contribution < -0.4 is 0 Å². The minimum Gasteiger partial charge on any atom is -0.317 e. The average molecular weight is 618 g/mol. The van der Waals surface area contributed by atoms with Gasteiger partial charge in [-0.3, -0.25) is 9.13 Å². The molecule has 0 heterocycles. The Balaban J connectivity index is 2.01. The van der Waals surface area contributed by atoms with Gasteiger partial charge in [0.1, 0.15) is 0 Å². The molecule has 0 fully saturated rings. The minimum atomic E-state index is -3.03. The lowest BCUT2D eigenvalue weighted by atomic mass is 10.1. The van der Waals surface area contributed by atoms with Gasteiger partial charge in [0.05, 0.1) is 25.5 Å². The molecule has 0 atom stereocenters. The van der Waals surface area contributed by atoms with Gasteiger partial charge in [0.2, 0.25) is 0 Å². The molecule has 0 bridgehead atoms. The summed E-state index contributed by atoms with van der Waals surface area (Å²) in [5, 5.41) is 0. The Bertz CT molecular complexity index is 994. The maximum Gasteiger partial charge on any atom is 0.330 e. The van der Waals surface area contributed by atoms with E-state index in [-0.39, 0.29) is 12.1 Å². The maximum absolute atomic E-state index is 12.3. The van der Waals surface area contributed by atoms with Crippen LogP contribution in [0.15, 0.2) is 48.5 Å². The van der Waals surface area contributed by atoms with Gasteiger partial charge in [0, 0.05) is 40.5 Å². The van der Waals surface area contributed by atoms with Crippen molar-refractivity contribution >= 4 is 23.7 Å². The summed E-state index contributed by atoms with van der Waals surface area (Å²) >= 11 is 0. The van der Waals surface area contributed by atoms with Crippen LogP contribution in [0.3, 0.4) is 0 Å². The molecule has 12 heteroatoms. The van der Waals surface area contributed by atoms with E-state index in [2.05, 4.69) is 32.4 Å². The van der Waals surface area contributed by atoms with Crippen LogP contribution in [0.5, 0.6) is 0 Å². The fraction of sp³-hybridized carbons (Fsp3) is 0.571. The monoisotopic (exact) mass is 617 g/mol. The Labute approximate surface area is 241 Å².